The van der Waals surface area contributed by atoms with Crippen molar-refractivity contribution in [3.05, 3.63) is 106 Å². The summed E-state index contributed by atoms with van der Waals surface area (Å²) in [5, 5.41) is 14.8. The molecule has 0 saturated heterocycles. The highest BCUT2D eigenvalue weighted by Gasteiger charge is 2.37. The lowest BCUT2D eigenvalue weighted by Gasteiger charge is -2.30. The van der Waals surface area contributed by atoms with Crippen LogP contribution in [0.3, 0.4) is 0 Å². The quantitative estimate of drug-likeness (QED) is 0.0820. The highest BCUT2D eigenvalue weighted by molar-refractivity contribution is 5.99. The van der Waals surface area contributed by atoms with Gasteiger partial charge in [0, 0.05) is 22.5 Å². The molecule has 0 spiro atoms. The molecule has 0 fully saturated rings. The molecule has 6 rings (SSSR count). The van der Waals surface area contributed by atoms with E-state index in [1.165, 1.54) is 0 Å². The van der Waals surface area contributed by atoms with Crippen LogP contribution in [0.25, 0.3) is 21.5 Å². The second kappa shape index (κ2) is 16.3. The van der Waals surface area contributed by atoms with Crippen molar-refractivity contribution >= 4 is 45.5 Å². The fraction of sp³-hybridized carbons (Fsp3) is 0.333. The van der Waals surface area contributed by atoms with Crippen molar-refractivity contribution in [3.63, 3.8) is 0 Å². The topological polar surface area (TPSA) is 153 Å². The third-order valence-corrected chi connectivity index (χ3v) is 9.16. The molecule has 0 saturated carbocycles. The van der Waals surface area contributed by atoms with Crippen molar-refractivity contribution in [2.75, 3.05) is 13.2 Å². The summed E-state index contributed by atoms with van der Waals surface area (Å²) in [4.78, 5) is 52.2. The molecule has 2 aliphatic heterocycles. The number of benzene rings is 4. The highest BCUT2D eigenvalue weighted by Crippen LogP contribution is 2.41. The van der Waals surface area contributed by atoms with Gasteiger partial charge in [0.05, 0.1) is 48.7 Å². The summed E-state index contributed by atoms with van der Waals surface area (Å²) in [5.41, 5.74) is 2.76. The summed E-state index contributed by atoms with van der Waals surface area (Å²) in [7, 11) is 0. The lowest BCUT2D eigenvalue weighted by atomic mass is 9.90. The van der Waals surface area contributed by atoms with Crippen LogP contribution in [0.15, 0.2) is 95.3 Å². The van der Waals surface area contributed by atoms with E-state index in [-0.39, 0.29) is 12.2 Å². The molecule has 2 aliphatic rings. The van der Waals surface area contributed by atoms with Crippen LogP contribution in [0, 0.1) is 0 Å². The Morgan fingerprint density at radius 1 is 0.593 bits per heavy atom. The Labute approximate surface area is 314 Å². The minimum atomic E-state index is -0.809. The van der Waals surface area contributed by atoms with E-state index in [9.17, 15) is 19.2 Å². The Morgan fingerprint density at radius 2 is 0.981 bits per heavy atom. The number of hydrogen-bond acceptors (Lipinski definition) is 8. The average Bonchev–Trinajstić information content (AvgIpc) is 3.11. The van der Waals surface area contributed by atoms with Crippen LogP contribution in [0.5, 0.6) is 11.5 Å². The summed E-state index contributed by atoms with van der Waals surface area (Å²) >= 11 is 0. The lowest BCUT2D eigenvalue weighted by Crippen LogP contribution is -2.45. The van der Waals surface area contributed by atoms with Crippen LogP contribution in [-0.4, -0.2) is 49.4 Å². The molecule has 4 amide bonds. The van der Waals surface area contributed by atoms with E-state index < -0.39 is 36.1 Å². The van der Waals surface area contributed by atoms with Crippen LogP contribution in [0.4, 0.5) is 9.59 Å². The van der Waals surface area contributed by atoms with Crippen molar-refractivity contribution in [1.29, 1.82) is 0 Å². The first-order chi connectivity index (χ1) is 25.9. The fourth-order valence-corrected chi connectivity index (χ4v) is 6.88. The Bertz CT molecular complexity index is 2020. The van der Waals surface area contributed by atoms with Gasteiger partial charge in [-0.1, -0.05) is 60.7 Å². The van der Waals surface area contributed by atoms with E-state index >= 15 is 0 Å². The summed E-state index contributed by atoms with van der Waals surface area (Å²) < 4.78 is 23.9. The second-order valence-electron chi connectivity index (χ2n) is 13.8. The van der Waals surface area contributed by atoms with Gasteiger partial charge in [0.2, 0.25) is 0 Å². The largest absolute Gasteiger partial charge is 0.493 e. The monoisotopic (exact) mass is 734 g/mol. The van der Waals surface area contributed by atoms with E-state index in [1.54, 1.807) is 41.5 Å². The van der Waals surface area contributed by atoms with Gasteiger partial charge in [-0.3, -0.25) is 0 Å². The highest BCUT2D eigenvalue weighted by atomic mass is 16.5. The van der Waals surface area contributed by atoms with E-state index in [0.29, 0.717) is 71.2 Å². The van der Waals surface area contributed by atoms with E-state index in [1.807, 2.05) is 72.8 Å². The molecule has 2 atom stereocenters. The number of nitrogens with one attached hydrogen (secondary N) is 4. The number of hydrogen-bond donors (Lipinski definition) is 4. The van der Waals surface area contributed by atoms with Gasteiger partial charge in [0.1, 0.15) is 11.5 Å². The molecular formula is C42H46N4O8. The predicted octanol–water partition coefficient (Wildman–Crippen LogP) is 7.39. The number of allylic oxidation sites excluding steroid dienone is 2. The van der Waals surface area contributed by atoms with E-state index in [0.717, 1.165) is 21.5 Å². The molecule has 282 valence electrons. The van der Waals surface area contributed by atoms with Gasteiger partial charge >= 0.3 is 24.0 Å². The summed E-state index contributed by atoms with van der Waals surface area (Å²) in [5.74, 6) is 0.0160. The van der Waals surface area contributed by atoms with Gasteiger partial charge in [-0.25, -0.2) is 19.2 Å². The first kappa shape index (κ1) is 37.7. The van der Waals surface area contributed by atoms with Gasteiger partial charge < -0.3 is 40.2 Å². The van der Waals surface area contributed by atoms with Gasteiger partial charge in [-0.15, -0.1) is 0 Å². The Hall–Kier alpha value is -6.04. The number of unbranched alkanes of at least 4 members (excludes halogenated alkanes) is 1. The maximum atomic E-state index is 13.4. The molecule has 54 heavy (non-hydrogen) atoms. The van der Waals surface area contributed by atoms with Crippen molar-refractivity contribution < 1.29 is 38.1 Å². The zero-order valence-electron chi connectivity index (χ0n) is 31.3. The van der Waals surface area contributed by atoms with Gasteiger partial charge in [-0.2, -0.15) is 0 Å². The van der Waals surface area contributed by atoms with Crippen molar-refractivity contribution in [3.8, 4) is 11.5 Å². The molecule has 12 nitrogen and oxygen atoms in total. The molecular weight excluding hydrogens is 688 g/mol. The molecule has 2 unspecified atom stereocenters. The van der Waals surface area contributed by atoms with Crippen LogP contribution in [-0.2, 0) is 19.1 Å². The molecule has 0 bridgehead atoms. The number of carbonyl (C=O) groups is 4. The fourth-order valence-electron chi connectivity index (χ4n) is 6.88. The first-order valence-electron chi connectivity index (χ1n) is 18.2. The molecule has 12 heteroatoms. The number of rotatable bonds is 13. The number of carbonyl (C=O) groups excluding carboxylic acids is 4. The number of ether oxygens (including phenoxy) is 4. The molecule has 4 aromatic carbocycles. The molecule has 0 radical (unpaired) electrons. The zero-order chi connectivity index (χ0) is 38.5. The number of urea groups is 2. The minimum Gasteiger partial charge on any atom is -0.493 e. The maximum Gasteiger partial charge on any atom is 0.338 e. The van der Waals surface area contributed by atoms with E-state index in [2.05, 4.69) is 21.3 Å². The molecule has 2 heterocycles. The average molecular weight is 735 g/mol. The van der Waals surface area contributed by atoms with Crippen molar-refractivity contribution in [1.82, 2.24) is 21.3 Å². The van der Waals surface area contributed by atoms with Crippen molar-refractivity contribution in [2.45, 2.75) is 78.7 Å². The van der Waals surface area contributed by atoms with Gasteiger partial charge in [0.15, 0.2) is 0 Å². The van der Waals surface area contributed by atoms with Crippen LogP contribution >= 0.6 is 0 Å². The normalized spacial score (nSPS) is 17.3. The minimum absolute atomic E-state index is 0.305. The lowest BCUT2D eigenvalue weighted by molar-refractivity contribution is -0.144. The third kappa shape index (κ3) is 8.12. The molecule has 0 aromatic heterocycles. The smallest absolute Gasteiger partial charge is 0.338 e. The summed E-state index contributed by atoms with van der Waals surface area (Å²) in [6, 6.07) is 20.6. The van der Waals surface area contributed by atoms with Crippen LogP contribution in [0.2, 0.25) is 0 Å². The first-order valence-corrected chi connectivity index (χ1v) is 18.2. The summed E-state index contributed by atoms with van der Waals surface area (Å²) in [6.07, 6.45) is 0.518. The van der Waals surface area contributed by atoms with Crippen molar-refractivity contribution in [2.24, 2.45) is 0 Å². The Kier molecular flexibility index (Phi) is 11.4. The third-order valence-electron chi connectivity index (χ3n) is 9.16. The second-order valence-corrected chi connectivity index (χ2v) is 13.8. The Morgan fingerprint density at radius 3 is 1.37 bits per heavy atom. The van der Waals surface area contributed by atoms with Crippen LogP contribution in [0.1, 0.15) is 77.6 Å². The van der Waals surface area contributed by atoms with Gasteiger partial charge in [-0.05, 0) is 88.1 Å². The molecule has 4 aromatic rings. The maximum absolute atomic E-state index is 13.4. The SMILES string of the molecule is CC1=C(C(=O)OC(C)C)C(c2c(OCCCCOc3ccc4ccccc4c3C3NC(=O)NC(C)=C3C(=O)OC(C)C)ccc3ccccc23)NC(=O)N1. The number of fused-ring (bicyclic) bond motifs is 2. The van der Waals surface area contributed by atoms with E-state index in [4.69, 9.17) is 18.9 Å². The predicted molar refractivity (Wildman–Crippen MR) is 205 cm³/mol. The standard InChI is InChI=1S/C42H46N4O8/c1-23(2)53-39(47)33-25(5)43-41(49)45-37(33)35-29-15-9-7-13-27(29)17-19-31(35)51-21-11-12-22-52-32-20-18-28-14-8-10-16-30(28)36(32)38-34(40(48)54-24(3)4)26(6)44-42(50)46-38/h7-10,13-20,23-24,37-38H,11-12,21-22H2,1-6H3,(H2,43,45,49)(H2,44,46,50). The molecule has 4 N–H and O–H groups in total. The van der Waals surface area contributed by atoms with Crippen LogP contribution < -0.4 is 30.7 Å². The molecule has 0 aliphatic carbocycles. The Balaban J connectivity index is 1.21. The van der Waals surface area contributed by atoms with Gasteiger partial charge in [0.25, 0.3) is 0 Å². The summed E-state index contributed by atoms with van der Waals surface area (Å²) in [6.45, 7) is 11.1. The number of amides is 4. The zero-order valence-corrected chi connectivity index (χ0v) is 31.3. The number of esters is 2.